The summed E-state index contributed by atoms with van der Waals surface area (Å²) in [6, 6.07) is 8.71. The van der Waals surface area contributed by atoms with Crippen molar-refractivity contribution in [1.29, 1.82) is 5.26 Å². The maximum Gasteiger partial charge on any atom is 0.408 e. The molecule has 0 spiro atoms. The standard InChI is InChI=1S/C23H30N4O4/c24-15-17-6-8-19(9-7-17)31-20-14-21(27(16-20)23(29)30)22(28)26-11-3-10-25(12-13-26)18-4-1-2-5-18/h6-9,18,20-21H,1-5,10-14,16H2,(H,29,30)/t20-,21+/m0/s1. The molecular formula is C23H30N4O4. The number of carboxylic acid groups (broad SMARTS) is 1. The molecule has 8 nitrogen and oxygen atoms in total. The average molecular weight is 427 g/mol. The van der Waals surface area contributed by atoms with Gasteiger partial charge in [0.15, 0.2) is 0 Å². The summed E-state index contributed by atoms with van der Waals surface area (Å²) < 4.78 is 5.94. The fourth-order valence-corrected chi connectivity index (χ4v) is 5.13. The minimum atomic E-state index is -1.09. The van der Waals surface area contributed by atoms with Gasteiger partial charge in [0.05, 0.1) is 18.2 Å². The fraction of sp³-hybridized carbons (Fsp3) is 0.609. The molecule has 2 heterocycles. The third-order valence-electron chi connectivity index (χ3n) is 6.76. The Bertz CT molecular complexity index is 831. The molecule has 1 saturated carbocycles. The van der Waals surface area contributed by atoms with Crippen LogP contribution in [0.4, 0.5) is 4.79 Å². The van der Waals surface area contributed by atoms with Crippen LogP contribution in [0.15, 0.2) is 24.3 Å². The van der Waals surface area contributed by atoms with Crippen molar-refractivity contribution in [3.05, 3.63) is 29.8 Å². The Balaban J connectivity index is 1.38. The van der Waals surface area contributed by atoms with Crippen LogP contribution in [0.2, 0.25) is 0 Å². The van der Waals surface area contributed by atoms with E-state index in [2.05, 4.69) is 11.0 Å². The van der Waals surface area contributed by atoms with Crippen molar-refractivity contribution in [1.82, 2.24) is 14.7 Å². The molecule has 2 aliphatic heterocycles. The van der Waals surface area contributed by atoms with Crippen LogP contribution in [0.3, 0.4) is 0 Å². The first-order chi connectivity index (χ1) is 15.0. The molecule has 2 saturated heterocycles. The van der Waals surface area contributed by atoms with Crippen molar-refractivity contribution in [3.63, 3.8) is 0 Å². The number of hydrogen-bond acceptors (Lipinski definition) is 5. The number of nitrogens with zero attached hydrogens (tertiary/aromatic N) is 4. The van der Waals surface area contributed by atoms with Crippen molar-refractivity contribution in [2.45, 2.75) is 56.7 Å². The summed E-state index contributed by atoms with van der Waals surface area (Å²) in [5.74, 6) is 0.464. The van der Waals surface area contributed by atoms with Gasteiger partial charge in [0.25, 0.3) is 0 Å². The normalized spacial score (nSPS) is 25.3. The third kappa shape index (κ3) is 4.93. The lowest BCUT2D eigenvalue weighted by molar-refractivity contribution is -0.135. The van der Waals surface area contributed by atoms with Crippen LogP contribution in [0.25, 0.3) is 0 Å². The van der Waals surface area contributed by atoms with Gasteiger partial charge in [-0.1, -0.05) is 12.8 Å². The lowest BCUT2D eigenvalue weighted by Gasteiger charge is -2.29. The number of hydrogen-bond donors (Lipinski definition) is 1. The number of ether oxygens (including phenoxy) is 1. The topological polar surface area (TPSA) is 97.1 Å². The highest BCUT2D eigenvalue weighted by atomic mass is 16.5. The fourth-order valence-electron chi connectivity index (χ4n) is 5.13. The summed E-state index contributed by atoms with van der Waals surface area (Å²) in [5.41, 5.74) is 0.534. The van der Waals surface area contributed by atoms with Gasteiger partial charge in [0, 0.05) is 38.6 Å². The minimum absolute atomic E-state index is 0.110. The monoisotopic (exact) mass is 426 g/mol. The predicted octanol–water partition coefficient (Wildman–Crippen LogP) is 2.53. The SMILES string of the molecule is N#Cc1ccc(O[C@H]2C[C@H](C(=O)N3CCCN(C4CCCC4)CC3)N(C(=O)O)C2)cc1. The number of carbonyl (C=O) groups excluding carboxylic acids is 1. The third-order valence-corrected chi connectivity index (χ3v) is 6.76. The average Bonchev–Trinajstić information content (AvgIpc) is 3.39. The van der Waals surface area contributed by atoms with Crippen LogP contribution < -0.4 is 4.74 Å². The zero-order valence-corrected chi connectivity index (χ0v) is 17.8. The van der Waals surface area contributed by atoms with E-state index in [4.69, 9.17) is 10.00 Å². The molecule has 2 atom stereocenters. The maximum absolute atomic E-state index is 13.3. The van der Waals surface area contributed by atoms with Crippen LogP contribution in [-0.2, 0) is 4.79 Å². The van der Waals surface area contributed by atoms with Crippen molar-refractivity contribution >= 4 is 12.0 Å². The summed E-state index contributed by atoms with van der Waals surface area (Å²) >= 11 is 0. The molecule has 0 radical (unpaired) electrons. The zero-order chi connectivity index (χ0) is 21.8. The molecule has 3 fully saturated rings. The molecule has 1 aliphatic carbocycles. The number of nitriles is 1. The number of rotatable bonds is 4. The molecule has 2 amide bonds. The molecule has 31 heavy (non-hydrogen) atoms. The summed E-state index contributed by atoms with van der Waals surface area (Å²) in [6.07, 6.45) is 4.86. The zero-order valence-electron chi connectivity index (χ0n) is 17.8. The first kappa shape index (κ1) is 21.4. The Kier molecular flexibility index (Phi) is 6.62. The molecule has 166 valence electrons. The molecule has 4 rings (SSSR count). The number of benzene rings is 1. The summed E-state index contributed by atoms with van der Waals surface area (Å²) in [4.78, 5) is 30.7. The van der Waals surface area contributed by atoms with E-state index < -0.39 is 12.1 Å². The summed E-state index contributed by atoms with van der Waals surface area (Å²) in [6.45, 7) is 3.36. The van der Waals surface area contributed by atoms with Gasteiger partial charge in [-0.2, -0.15) is 5.26 Å². The summed E-state index contributed by atoms with van der Waals surface area (Å²) in [5, 5.41) is 18.6. The number of amides is 2. The Morgan fingerprint density at radius 2 is 1.77 bits per heavy atom. The second kappa shape index (κ2) is 9.56. The number of likely N-dealkylation sites (tertiary alicyclic amines) is 1. The Labute approximate surface area is 183 Å². The molecule has 0 bridgehead atoms. The lowest BCUT2D eigenvalue weighted by Crippen LogP contribution is -2.48. The second-order valence-corrected chi connectivity index (χ2v) is 8.72. The highest BCUT2D eigenvalue weighted by Gasteiger charge is 2.43. The van der Waals surface area contributed by atoms with Gasteiger partial charge in [-0.15, -0.1) is 0 Å². The van der Waals surface area contributed by atoms with E-state index in [0.717, 1.165) is 19.5 Å². The van der Waals surface area contributed by atoms with Gasteiger partial charge < -0.3 is 14.7 Å². The Hall–Kier alpha value is -2.79. The van der Waals surface area contributed by atoms with E-state index in [0.29, 0.717) is 36.9 Å². The van der Waals surface area contributed by atoms with Crippen molar-refractivity contribution in [3.8, 4) is 11.8 Å². The van der Waals surface area contributed by atoms with Crippen LogP contribution >= 0.6 is 0 Å². The minimum Gasteiger partial charge on any atom is -0.488 e. The van der Waals surface area contributed by atoms with Crippen molar-refractivity contribution < 1.29 is 19.4 Å². The van der Waals surface area contributed by atoms with E-state index in [1.54, 1.807) is 24.3 Å². The Morgan fingerprint density at radius 3 is 2.45 bits per heavy atom. The van der Waals surface area contributed by atoms with Crippen LogP contribution in [0, 0.1) is 11.3 Å². The highest BCUT2D eigenvalue weighted by Crippen LogP contribution is 2.27. The first-order valence-electron chi connectivity index (χ1n) is 11.2. The molecule has 0 unspecified atom stereocenters. The molecule has 1 N–H and O–H groups in total. The molecule has 8 heteroatoms. The molecular weight excluding hydrogens is 396 g/mol. The maximum atomic E-state index is 13.3. The van der Waals surface area contributed by atoms with Gasteiger partial charge in [0.2, 0.25) is 5.91 Å². The van der Waals surface area contributed by atoms with E-state index in [1.807, 2.05) is 4.90 Å². The molecule has 1 aromatic carbocycles. The number of carbonyl (C=O) groups is 2. The van der Waals surface area contributed by atoms with E-state index in [9.17, 15) is 14.7 Å². The van der Waals surface area contributed by atoms with Gasteiger partial charge in [0.1, 0.15) is 17.9 Å². The van der Waals surface area contributed by atoms with Crippen molar-refractivity contribution in [2.75, 3.05) is 32.7 Å². The van der Waals surface area contributed by atoms with E-state index in [1.165, 1.54) is 30.6 Å². The van der Waals surface area contributed by atoms with Gasteiger partial charge in [-0.25, -0.2) is 4.79 Å². The van der Waals surface area contributed by atoms with Gasteiger partial charge in [-0.3, -0.25) is 14.6 Å². The van der Waals surface area contributed by atoms with Crippen LogP contribution in [0.1, 0.15) is 44.1 Å². The largest absolute Gasteiger partial charge is 0.488 e. The lowest BCUT2D eigenvalue weighted by atomic mass is 10.1. The van der Waals surface area contributed by atoms with Gasteiger partial charge in [-0.05, 0) is 43.5 Å². The second-order valence-electron chi connectivity index (χ2n) is 8.72. The van der Waals surface area contributed by atoms with Crippen LogP contribution in [0.5, 0.6) is 5.75 Å². The molecule has 0 aromatic heterocycles. The first-order valence-corrected chi connectivity index (χ1v) is 11.2. The summed E-state index contributed by atoms with van der Waals surface area (Å²) in [7, 11) is 0. The van der Waals surface area contributed by atoms with E-state index >= 15 is 0 Å². The van der Waals surface area contributed by atoms with Crippen LogP contribution in [-0.4, -0.2) is 82.7 Å². The molecule has 1 aromatic rings. The smallest absolute Gasteiger partial charge is 0.408 e. The molecule has 3 aliphatic rings. The predicted molar refractivity (Wildman–Crippen MR) is 114 cm³/mol. The quantitative estimate of drug-likeness (QED) is 0.795. The highest BCUT2D eigenvalue weighted by molar-refractivity contribution is 5.86. The van der Waals surface area contributed by atoms with Gasteiger partial charge >= 0.3 is 6.09 Å². The van der Waals surface area contributed by atoms with E-state index in [-0.39, 0.29) is 18.6 Å². The van der Waals surface area contributed by atoms with Crippen molar-refractivity contribution in [2.24, 2.45) is 0 Å². The Morgan fingerprint density at radius 1 is 1.03 bits per heavy atom.